The van der Waals surface area contributed by atoms with Gasteiger partial charge in [-0.05, 0) is 38.7 Å². The van der Waals surface area contributed by atoms with Crippen LogP contribution in [0.25, 0.3) is 0 Å². The molecule has 3 heteroatoms. The molecule has 0 bridgehead atoms. The molecule has 0 aromatic heterocycles. The highest BCUT2D eigenvalue weighted by Gasteiger charge is 2.19. The largest absolute Gasteiger partial charge is 0.490 e. The molecule has 3 nitrogen and oxygen atoms in total. The van der Waals surface area contributed by atoms with E-state index in [4.69, 9.17) is 9.47 Å². The van der Waals surface area contributed by atoms with Crippen molar-refractivity contribution in [3.63, 3.8) is 0 Å². The summed E-state index contributed by atoms with van der Waals surface area (Å²) < 4.78 is 11.2. The Bertz CT molecular complexity index is 375. The molecule has 0 spiro atoms. The summed E-state index contributed by atoms with van der Waals surface area (Å²) in [4.78, 5) is 0. The van der Waals surface area contributed by atoms with Gasteiger partial charge in [0, 0.05) is 25.3 Å². The molecule has 1 aromatic rings. The molecule has 2 rings (SSSR count). The summed E-state index contributed by atoms with van der Waals surface area (Å²) >= 11 is 0. The van der Waals surface area contributed by atoms with Gasteiger partial charge in [0.25, 0.3) is 0 Å². The average molecular weight is 263 g/mol. The Morgan fingerprint density at radius 2 is 2.00 bits per heavy atom. The average Bonchev–Trinajstić information content (AvgIpc) is 2.92. The van der Waals surface area contributed by atoms with Gasteiger partial charge in [-0.2, -0.15) is 0 Å². The number of para-hydroxylation sites is 1. The van der Waals surface area contributed by atoms with E-state index >= 15 is 0 Å². The summed E-state index contributed by atoms with van der Waals surface area (Å²) in [6.07, 6.45) is 5.40. The second kappa shape index (κ2) is 7.51. The van der Waals surface area contributed by atoms with Crippen molar-refractivity contribution in [2.75, 3.05) is 20.3 Å². The number of hydrogen-bond donors (Lipinski definition) is 1. The first-order valence-electron chi connectivity index (χ1n) is 7.29. The molecule has 0 saturated heterocycles. The maximum absolute atomic E-state index is 6.16. The minimum absolute atomic E-state index is 0.285. The summed E-state index contributed by atoms with van der Waals surface area (Å²) in [6, 6.07) is 8.64. The first-order valence-corrected chi connectivity index (χ1v) is 7.29. The van der Waals surface area contributed by atoms with Crippen molar-refractivity contribution in [2.24, 2.45) is 0 Å². The molecule has 106 valence electrons. The lowest BCUT2D eigenvalue weighted by Gasteiger charge is -2.21. The molecule has 1 aliphatic rings. The summed E-state index contributed by atoms with van der Waals surface area (Å²) in [5, 5.41) is 3.46. The van der Waals surface area contributed by atoms with Gasteiger partial charge in [0.05, 0.1) is 12.7 Å². The number of benzene rings is 1. The smallest absolute Gasteiger partial charge is 0.124 e. The third-order valence-corrected chi connectivity index (χ3v) is 3.74. The molecule has 1 aromatic carbocycles. The maximum atomic E-state index is 6.16. The van der Waals surface area contributed by atoms with E-state index in [1.807, 2.05) is 0 Å². The summed E-state index contributed by atoms with van der Waals surface area (Å²) in [5.74, 6) is 1.03. The summed E-state index contributed by atoms with van der Waals surface area (Å²) in [6.45, 7) is 3.76. The Kier molecular flexibility index (Phi) is 5.67. The maximum Gasteiger partial charge on any atom is 0.124 e. The van der Waals surface area contributed by atoms with Gasteiger partial charge in [0.1, 0.15) is 5.75 Å². The molecular weight excluding hydrogens is 238 g/mol. The van der Waals surface area contributed by atoms with Crippen LogP contribution in [0.5, 0.6) is 5.75 Å². The quantitative estimate of drug-likeness (QED) is 0.766. The number of methoxy groups -OCH3 is 1. The molecule has 19 heavy (non-hydrogen) atoms. The number of ether oxygens (including phenoxy) is 2. The molecule has 1 aliphatic carbocycles. The summed E-state index contributed by atoms with van der Waals surface area (Å²) in [7, 11) is 1.73. The van der Waals surface area contributed by atoms with E-state index in [9.17, 15) is 0 Å². The van der Waals surface area contributed by atoms with Gasteiger partial charge in [-0.1, -0.05) is 18.2 Å². The van der Waals surface area contributed by atoms with E-state index in [1.54, 1.807) is 7.11 Å². The zero-order chi connectivity index (χ0) is 13.5. The minimum atomic E-state index is 0.285. The highest BCUT2D eigenvalue weighted by atomic mass is 16.5. The van der Waals surface area contributed by atoms with Crippen LogP contribution in [-0.2, 0) is 4.74 Å². The van der Waals surface area contributed by atoms with E-state index < -0.39 is 0 Å². The van der Waals surface area contributed by atoms with Gasteiger partial charge in [0.15, 0.2) is 0 Å². The van der Waals surface area contributed by atoms with Gasteiger partial charge >= 0.3 is 0 Å². The van der Waals surface area contributed by atoms with Gasteiger partial charge in [0.2, 0.25) is 0 Å². The lowest BCUT2D eigenvalue weighted by Crippen LogP contribution is -2.24. The predicted octanol–water partition coefficient (Wildman–Crippen LogP) is 3.31. The van der Waals surface area contributed by atoms with Crippen LogP contribution in [0.2, 0.25) is 0 Å². The lowest BCUT2D eigenvalue weighted by atomic mass is 10.1. The Labute approximate surface area is 116 Å². The summed E-state index contributed by atoms with van der Waals surface area (Å²) in [5.41, 5.74) is 1.24. The van der Waals surface area contributed by atoms with Crippen molar-refractivity contribution in [1.82, 2.24) is 5.32 Å². The third kappa shape index (κ3) is 4.22. The van der Waals surface area contributed by atoms with E-state index in [1.165, 1.54) is 31.2 Å². The molecule has 0 radical (unpaired) electrons. The predicted molar refractivity (Wildman–Crippen MR) is 77.6 cm³/mol. The zero-order valence-corrected chi connectivity index (χ0v) is 12.0. The number of nitrogens with one attached hydrogen (secondary N) is 1. The van der Waals surface area contributed by atoms with Crippen LogP contribution in [0.4, 0.5) is 0 Å². The first-order chi connectivity index (χ1) is 9.31. The van der Waals surface area contributed by atoms with Gasteiger partial charge < -0.3 is 14.8 Å². The molecule has 1 saturated carbocycles. The lowest BCUT2D eigenvalue weighted by molar-refractivity contribution is 0.193. The van der Waals surface area contributed by atoms with Crippen LogP contribution in [-0.4, -0.2) is 26.4 Å². The van der Waals surface area contributed by atoms with Crippen LogP contribution in [0, 0.1) is 0 Å². The fraction of sp³-hybridized carbons (Fsp3) is 0.625. The van der Waals surface area contributed by atoms with Crippen molar-refractivity contribution in [1.29, 1.82) is 0 Å². The molecule has 1 fully saturated rings. The van der Waals surface area contributed by atoms with Gasteiger partial charge in [-0.3, -0.25) is 0 Å². The highest BCUT2D eigenvalue weighted by Crippen LogP contribution is 2.29. The Hall–Kier alpha value is -1.06. The second-order valence-electron chi connectivity index (χ2n) is 5.23. The third-order valence-electron chi connectivity index (χ3n) is 3.74. The molecule has 0 aliphatic heterocycles. The van der Waals surface area contributed by atoms with Crippen LogP contribution >= 0.6 is 0 Å². The number of rotatable bonds is 7. The molecular formula is C16H25NO2. The molecule has 0 heterocycles. The Balaban J connectivity index is 1.98. The van der Waals surface area contributed by atoms with Crippen molar-refractivity contribution >= 4 is 0 Å². The zero-order valence-electron chi connectivity index (χ0n) is 12.0. The van der Waals surface area contributed by atoms with E-state index in [0.717, 1.165) is 18.9 Å². The Morgan fingerprint density at radius 3 is 2.74 bits per heavy atom. The van der Waals surface area contributed by atoms with Gasteiger partial charge in [-0.15, -0.1) is 0 Å². The molecule has 0 amide bonds. The van der Waals surface area contributed by atoms with Crippen LogP contribution in [0.1, 0.15) is 44.2 Å². The minimum Gasteiger partial charge on any atom is -0.490 e. The van der Waals surface area contributed by atoms with Crippen molar-refractivity contribution in [2.45, 2.75) is 44.8 Å². The number of hydrogen-bond acceptors (Lipinski definition) is 3. The molecule has 1 atom stereocenters. The van der Waals surface area contributed by atoms with Crippen molar-refractivity contribution < 1.29 is 9.47 Å². The second-order valence-corrected chi connectivity index (χ2v) is 5.23. The fourth-order valence-electron chi connectivity index (χ4n) is 2.62. The van der Waals surface area contributed by atoms with Crippen molar-refractivity contribution in [3.05, 3.63) is 29.8 Å². The van der Waals surface area contributed by atoms with Crippen LogP contribution in [0.3, 0.4) is 0 Å². The van der Waals surface area contributed by atoms with E-state index in [0.29, 0.717) is 6.10 Å². The van der Waals surface area contributed by atoms with Gasteiger partial charge in [-0.25, -0.2) is 0 Å². The van der Waals surface area contributed by atoms with Crippen LogP contribution < -0.4 is 10.1 Å². The van der Waals surface area contributed by atoms with E-state index in [2.05, 4.69) is 36.5 Å². The Morgan fingerprint density at radius 1 is 1.26 bits per heavy atom. The fourth-order valence-corrected chi connectivity index (χ4v) is 2.62. The molecule has 1 N–H and O–H groups in total. The monoisotopic (exact) mass is 263 g/mol. The standard InChI is InChI=1S/C16H25NO2/c1-13(17-11-12-18-2)15-9-5-6-10-16(15)19-14-7-3-4-8-14/h5-6,9-10,13-14,17H,3-4,7-8,11-12H2,1-2H3/t13-/m0/s1. The van der Waals surface area contributed by atoms with E-state index in [-0.39, 0.29) is 6.04 Å². The van der Waals surface area contributed by atoms with Crippen LogP contribution in [0.15, 0.2) is 24.3 Å². The highest BCUT2D eigenvalue weighted by molar-refractivity contribution is 5.35. The SMILES string of the molecule is COCCN[C@@H](C)c1ccccc1OC1CCCC1. The van der Waals surface area contributed by atoms with Crippen molar-refractivity contribution in [3.8, 4) is 5.75 Å². The molecule has 0 unspecified atom stereocenters. The first kappa shape index (κ1) is 14.4. The normalized spacial score (nSPS) is 17.6. The topological polar surface area (TPSA) is 30.5 Å².